The molecular weight excluding hydrogens is 276 g/mol. The number of rotatable bonds is 4. The molecule has 0 radical (unpaired) electrons. The van der Waals surface area contributed by atoms with Crippen molar-refractivity contribution in [1.82, 2.24) is 4.98 Å². The van der Waals surface area contributed by atoms with Gasteiger partial charge in [0.15, 0.2) is 0 Å². The van der Waals surface area contributed by atoms with Gasteiger partial charge >= 0.3 is 0 Å². The van der Waals surface area contributed by atoms with Crippen molar-refractivity contribution in [3.8, 4) is 0 Å². The van der Waals surface area contributed by atoms with Crippen molar-refractivity contribution in [2.75, 3.05) is 5.75 Å². The van der Waals surface area contributed by atoms with E-state index in [1.54, 1.807) is 0 Å². The molecule has 1 heterocycles. The fourth-order valence-electron chi connectivity index (χ4n) is 2.42. The van der Waals surface area contributed by atoms with E-state index in [4.69, 9.17) is 5.73 Å². The van der Waals surface area contributed by atoms with Crippen LogP contribution in [0.3, 0.4) is 0 Å². The first kappa shape index (κ1) is 14.1. The number of fused-ring (bicyclic) bond motifs is 1. The molecule has 3 rings (SSSR count). The molecule has 0 aliphatic heterocycles. The number of nitrogens with two attached hydrogens (primary N) is 1. The van der Waals surface area contributed by atoms with Crippen LogP contribution >= 0.6 is 11.8 Å². The summed E-state index contributed by atoms with van der Waals surface area (Å²) in [5.74, 6) is 1.09. The Hall–Kier alpha value is -1.84. The summed E-state index contributed by atoms with van der Waals surface area (Å²) < 4.78 is 0. The Morgan fingerprint density at radius 3 is 2.57 bits per heavy atom. The van der Waals surface area contributed by atoms with Crippen LogP contribution in [0.1, 0.15) is 24.1 Å². The molecule has 106 valence electrons. The summed E-state index contributed by atoms with van der Waals surface area (Å²) in [5, 5.41) is 1.13. The van der Waals surface area contributed by atoms with E-state index in [0.717, 1.165) is 27.8 Å². The molecule has 3 aromatic rings. The van der Waals surface area contributed by atoms with Crippen molar-refractivity contribution in [2.24, 2.45) is 5.73 Å². The third-order valence-corrected chi connectivity index (χ3v) is 4.43. The Kier molecular flexibility index (Phi) is 4.23. The van der Waals surface area contributed by atoms with Crippen LogP contribution in [0.5, 0.6) is 0 Å². The third-order valence-electron chi connectivity index (χ3n) is 3.54. The Morgan fingerprint density at radius 1 is 1.05 bits per heavy atom. The summed E-state index contributed by atoms with van der Waals surface area (Å²) in [6, 6.07) is 18.7. The van der Waals surface area contributed by atoms with Gasteiger partial charge in [-0.05, 0) is 47.2 Å². The minimum atomic E-state index is -0.102. The molecule has 0 fully saturated rings. The maximum absolute atomic E-state index is 6.40. The molecule has 0 bridgehead atoms. The zero-order valence-electron chi connectivity index (χ0n) is 12.0. The van der Waals surface area contributed by atoms with Gasteiger partial charge in [0.1, 0.15) is 0 Å². The Balaban J connectivity index is 1.90. The van der Waals surface area contributed by atoms with E-state index in [-0.39, 0.29) is 6.04 Å². The van der Waals surface area contributed by atoms with E-state index in [9.17, 15) is 0 Å². The van der Waals surface area contributed by atoms with Gasteiger partial charge in [-0.25, -0.2) is 0 Å². The fraction of sp³-hybridized carbons (Fsp3) is 0.167. The smallest absolute Gasteiger partial charge is 0.0702 e. The summed E-state index contributed by atoms with van der Waals surface area (Å²) in [4.78, 5) is 5.63. The van der Waals surface area contributed by atoms with Crippen LogP contribution in [-0.2, 0) is 0 Å². The highest BCUT2D eigenvalue weighted by atomic mass is 32.2. The topological polar surface area (TPSA) is 38.9 Å². The summed E-state index contributed by atoms with van der Waals surface area (Å²) in [5.41, 5.74) is 9.66. The van der Waals surface area contributed by atoms with Gasteiger partial charge in [0.2, 0.25) is 0 Å². The lowest BCUT2D eigenvalue weighted by Gasteiger charge is -2.14. The van der Waals surface area contributed by atoms with Crippen molar-refractivity contribution < 1.29 is 0 Å². The fourth-order valence-corrected chi connectivity index (χ4v) is 3.08. The molecule has 0 aliphatic rings. The van der Waals surface area contributed by atoms with Gasteiger partial charge in [0, 0.05) is 16.5 Å². The first-order valence-corrected chi connectivity index (χ1v) is 8.09. The molecular formula is C18H18N2S. The summed E-state index contributed by atoms with van der Waals surface area (Å²) in [6.45, 7) is 2.16. The predicted octanol–water partition coefficient (Wildman–Crippen LogP) is 4.39. The highest BCUT2D eigenvalue weighted by Gasteiger charge is 2.09. The second-order valence-corrected chi connectivity index (χ2v) is 6.27. The largest absolute Gasteiger partial charge is 0.320 e. The highest BCUT2D eigenvalue weighted by Crippen LogP contribution is 2.25. The lowest BCUT2D eigenvalue weighted by atomic mass is 9.98. The van der Waals surface area contributed by atoms with Crippen LogP contribution in [-0.4, -0.2) is 10.7 Å². The summed E-state index contributed by atoms with van der Waals surface area (Å²) in [7, 11) is 0. The SMILES string of the molecule is CCSc1ccc(C(N)c2ccc3ncccc3c2)cc1. The third kappa shape index (κ3) is 3.09. The van der Waals surface area contributed by atoms with Gasteiger partial charge in [-0.3, -0.25) is 4.98 Å². The Bertz CT molecular complexity index is 738. The molecule has 2 aromatic carbocycles. The number of aromatic nitrogens is 1. The molecule has 0 amide bonds. The van der Waals surface area contributed by atoms with Crippen LogP contribution in [0.15, 0.2) is 65.7 Å². The van der Waals surface area contributed by atoms with Crippen molar-refractivity contribution >= 4 is 22.7 Å². The molecule has 1 unspecified atom stereocenters. The van der Waals surface area contributed by atoms with Crippen LogP contribution in [0, 0.1) is 0 Å². The monoisotopic (exact) mass is 294 g/mol. The van der Waals surface area contributed by atoms with Gasteiger partial charge in [-0.15, -0.1) is 11.8 Å². The normalized spacial score (nSPS) is 12.5. The number of hydrogen-bond acceptors (Lipinski definition) is 3. The quantitative estimate of drug-likeness (QED) is 0.725. The zero-order chi connectivity index (χ0) is 14.7. The van der Waals surface area contributed by atoms with Gasteiger partial charge in [-0.1, -0.05) is 31.2 Å². The van der Waals surface area contributed by atoms with Crippen LogP contribution in [0.25, 0.3) is 10.9 Å². The van der Waals surface area contributed by atoms with E-state index in [1.807, 2.05) is 30.1 Å². The lowest BCUT2D eigenvalue weighted by Crippen LogP contribution is -2.11. The van der Waals surface area contributed by atoms with E-state index >= 15 is 0 Å². The Morgan fingerprint density at radius 2 is 1.81 bits per heavy atom. The molecule has 0 aliphatic carbocycles. The predicted molar refractivity (Wildman–Crippen MR) is 90.6 cm³/mol. The molecule has 1 aromatic heterocycles. The maximum Gasteiger partial charge on any atom is 0.0702 e. The standard InChI is InChI=1S/C18H18N2S/c1-2-21-16-8-5-13(6-9-16)18(19)15-7-10-17-14(12-15)4-3-11-20-17/h3-12,18H,2,19H2,1H3. The number of pyridine rings is 1. The van der Waals surface area contributed by atoms with Gasteiger partial charge in [-0.2, -0.15) is 0 Å². The summed E-state index contributed by atoms with van der Waals surface area (Å²) in [6.07, 6.45) is 1.81. The van der Waals surface area contributed by atoms with Crippen molar-refractivity contribution in [3.05, 3.63) is 71.9 Å². The number of benzene rings is 2. The minimum absolute atomic E-state index is 0.102. The number of hydrogen-bond donors (Lipinski definition) is 1. The molecule has 2 nitrogen and oxygen atoms in total. The lowest BCUT2D eigenvalue weighted by molar-refractivity contribution is 0.871. The highest BCUT2D eigenvalue weighted by molar-refractivity contribution is 7.99. The molecule has 1 atom stereocenters. The number of thioether (sulfide) groups is 1. The van der Waals surface area contributed by atoms with E-state index < -0.39 is 0 Å². The Labute approximate surface area is 129 Å². The van der Waals surface area contributed by atoms with Gasteiger partial charge in [0.05, 0.1) is 11.6 Å². The first-order valence-electron chi connectivity index (χ1n) is 7.11. The second kappa shape index (κ2) is 6.29. The van der Waals surface area contributed by atoms with Crippen LogP contribution in [0.2, 0.25) is 0 Å². The van der Waals surface area contributed by atoms with E-state index in [1.165, 1.54) is 4.90 Å². The van der Waals surface area contributed by atoms with Crippen molar-refractivity contribution in [1.29, 1.82) is 0 Å². The molecule has 21 heavy (non-hydrogen) atoms. The van der Waals surface area contributed by atoms with Crippen LogP contribution in [0.4, 0.5) is 0 Å². The summed E-state index contributed by atoms with van der Waals surface area (Å²) >= 11 is 1.84. The van der Waals surface area contributed by atoms with Gasteiger partial charge < -0.3 is 5.73 Å². The van der Waals surface area contributed by atoms with Crippen LogP contribution < -0.4 is 5.73 Å². The molecule has 0 saturated carbocycles. The number of nitrogens with zero attached hydrogens (tertiary/aromatic N) is 1. The second-order valence-electron chi connectivity index (χ2n) is 4.94. The van der Waals surface area contributed by atoms with Crippen molar-refractivity contribution in [2.45, 2.75) is 17.9 Å². The maximum atomic E-state index is 6.40. The molecule has 0 spiro atoms. The molecule has 0 saturated heterocycles. The molecule has 2 N–H and O–H groups in total. The first-order chi connectivity index (χ1) is 10.3. The average molecular weight is 294 g/mol. The van der Waals surface area contributed by atoms with Gasteiger partial charge in [0.25, 0.3) is 0 Å². The molecule has 3 heteroatoms. The van der Waals surface area contributed by atoms with E-state index in [0.29, 0.717) is 0 Å². The minimum Gasteiger partial charge on any atom is -0.320 e. The zero-order valence-corrected chi connectivity index (χ0v) is 12.8. The van der Waals surface area contributed by atoms with Crippen molar-refractivity contribution in [3.63, 3.8) is 0 Å². The van der Waals surface area contributed by atoms with E-state index in [2.05, 4.69) is 54.4 Å². The average Bonchev–Trinajstić information content (AvgIpc) is 2.55.